The Morgan fingerprint density at radius 2 is 1.67 bits per heavy atom. The fraction of sp³-hybridized carbons (Fsp3) is 0.0952. The summed E-state index contributed by atoms with van der Waals surface area (Å²) in [6.07, 6.45) is 6.38. The van der Waals surface area contributed by atoms with E-state index in [0.29, 0.717) is 10.0 Å². The quantitative estimate of drug-likeness (QED) is 0.360. The lowest BCUT2D eigenvalue weighted by Crippen LogP contribution is -2.06. The molecule has 0 spiro atoms. The summed E-state index contributed by atoms with van der Waals surface area (Å²) in [6.45, 7) is 0.735. The Labute approximate surface area is 167 Å². The van der Waals surface area contributed by atoms with Crippen LogP contribution < -0.4 is 10.6 Å². The van der Waals surface area contributed by atoms with Gasteiger partial charge in [0, 0.05) is 47.4 Å². The highest BCUT2D eigenvalue weighted by atomic mass is 35.5. The highest BCUT2D eigenvalue weighted by molar-refractivity contribution is 6.39. The van der Waals surface area contributed by atoms with Gasteiger partial charge in [-0.3, -0.25) is 4.98 Å². The summed E-state index contributed by atoms with van der Waals surface area (Å²) in [4.78, 5) is 7.30. The molecule has 27 heavy (non-hydrogen) atoms. The van der Waals surface area contributed by atoms with Crippen molar-refractivity contribution in [3.05, 3.63) is 82.7 Å². The van der Waals surface area contributed by atoms with Gasteiger partial charge in [-0.25, -0.2) is 0 Å². The number of halogens is 2. The second-order valence-corrected chi connectivity index (χ2v) is 7.03. The molecule has 0 saturated heterocycles. The number of hydrogen-bond donors (Lipinski definition) is 3. The van der Waals surface area contributed by atoms with Crippen molar-refractivity contribution >= 4 is 51.2 Å². The molecule has 4 rings (SSSR count). The maximum absolute atomic E-state index is 6.45. The molecule has 2 aromatic carbocycles. The standard InChI is InChI=1S/C21H18Cl2N4/c22-18-11-16(27-15-6-8-24-9-7-15)12-19(23)21(18)25-10-5-14-13-26-20-4-2-1-3-17(14)20/h1-4,6-9,11-13,25-26H,5,10H2,(H,24,27). The fourth-order valence-electron chi connectivity index (χ4n) is 3.08. The zero-order valence-electron chi connectivity index (χ0n) is 14.5. The van der Waals surface area contributed by atoms with Crippen LogP contribution in [0.1, 0.15) is 5.56 Å². The van der Waals surface area contributed by atoms with Gasteiger partial charge >= 0.3 is 0 Å². The maximum atomic E-state index is 6.45. The highest BCUT2D eigenvalue weighted by Crippen LogP contribution is 2.35. The Morgan fingerprint density at radius 3 is 2.44 bits per heavy atom. The van der Waals surface area contributed by atoms with Crippen molar-refractivity contribution in [1.82, 2.24) is 9.97 Å². The number of hydrogen-bond acceptors (Lipinski definition) is 3. The van der Waals surface area contributed by atoms with E-state index >= 15 is 0 Å². The largest absolute Gasteiger partial charge is 0.382 e. The first kappa shape index (κ1) is 17.7. The van der Waals surface area contributed by atoms with Crippen LogP contribution in [-0.4, -0.2) is 16.5 Å². The molecular formula is C21H18Cl2N4. The number of fused-ring (bicyclic) bond motifs is 1. The minimum atomic E-state index is 0.581. The molecule has 4 aromatic rings. The van der Waals surface area contributed by atoms with Crippen LogP contribution in [0.3, 0.4) is 0 Å². The van der Waals surface area contributed by atoms with Crippen molar-refractivity contribution < 1.29 is 0 Å². The lowest BCUT2D eigenvalue weighted by atomic mass is 10.1. The third kappa shape index (κ3) is 4.02. The summed E-state index contributed by atoms with van der Waals surface area (Å²) in [5, 5.41) is 9.04. The monoisotopic (exact) mass is 396 g/mol. The van der Waals surface area contributed by atoms with E-state index in [4.69, 9.17) is 23.2 Å². The third-order valence-corrected chi connectivity index (χ3v) is 4.98. The van der Waals surface area contributed by atoms with E-state index in [1.165, 1.54) is 10.9 Å². The van der Waals surface area contributed by atoms with Gasteiger partial charge in [-0.15, -0.1) is 0 Å². The first-order valence-corrected chi connectivity index (χ1v) is 9.41. The second kappa shape index (κ2) is 7.91. The van der Waals surface area contributed by atoms with E-state index in [9.17, 15) is 0 Å². The van der Waals surface area contributed by atoms with Gasteiger partial charge in [0.25, 0.3) is 0 Å². The molecule has 0 atom stereocenters. The molecule has 136 valence electrons. The average Bonchev–Trinajstić information content (AvgIpc) is 3.08. The Kier molecular flexibility index (Phi) is 5.19. The molecule has 0 saturated carbocycles. The third-order valence-electron chi connectivity index (χ3n) is 4.38. The predicted molar refractivity (Wildman–Crippen MR) is 114 cm³/mol. The number of nitrogens with zero attached hydrogens (tertiary/aromatic N) is 1. The number of aromatic nitrogens is 2. The average molecular weight is 397 g/mol. The lowest BCUT2D eigenvalue weighted by molar-refractivity contribution is 1.03. The molecule has 0 unspecified atom stereocenters. The van der Waals surface area contributed by atoms with Crippen molar-refractivity contribution in [3.63, 3.8) is 0 Å². The van der Waals surface area contributed by atoms with Gasteiger partial charge in [-0.05, 0) is 42.3 Å². The molecule has 0 aliphatic carbocycles. The van der Waals surface area contributed by atoms with Crippen LogP contribution in [-0.2, 0) is 6.42 Å². The molecule has 0 fully saturated rings. The number of nitrogens with one attached hydrogen (secondary N) is 3. The summed E-state index contributed by atoms with van der Waals surface area (Å²) in [7, 11) is 0. The molecule has 0 bridgehead atoms. The maximum Gasteiger partial charge on any atom is 0.0720 e. The number of benzene rings is 2. The van der Waals surface area contributed by atoms with Crippen LogP contribution >= 0.6 is 23.2 Å². The van der Waals surface area contributed by atoms with Gasteiger partial charge in [0.1, 0.15) is 0 Å². The normalized spacial score (nSPS) is 10.9. The van der Waals surface area contributed by atoms with Crippen molar-refractivity contribution in [2.75, 3.05) is 17.2 Å². The predicted octanol–water partition coefficient (Wildman–Crippen LogP) is 6.27. The number of pyridine rings is 1. The van der Waals surface area contributed by atoms with Crippen LogP contribution in [0.25, 0.3) is 10.9 Å². The molecule has 0 radical (unpaired) electrons. The van der Waals surface area contributed by atoms with Crippen LogP contribution in [0.5, 0.6) is 0 Å². The van der Waals surface area contributed by atoms with Crippen LogP contribution in [0.2, 0.25) is 10.0 Å². The first-order chi connectivity index (χ1) is 13.2. The molecule has 6 heteroatoms. The topological polar surface area (TPSA) is 52.7 Å². The van der Waals surface area contributed by atoms with Crippen molar-refractivity contribution in [3.8, 4) is 0 Å². The van der Waals surface area contributed by atoms with Crippen molar-refractivity contribution in [1.29, 1.82) is 0 Å². The van der Waals surface area contributed by atoms with Gasteiger partial charge in [0.15, 0.2) is 0 Å². The summed E-state index contributed by atoms with van der Waals surface area (Å²) >= 11 is 12.9. The smallest absolute Gasteiger partial charge is 0.0720 e. The lowest BCUT2D eigenvalue weighted by Gasteiger charge is -2.13. The SMILES string of the molecule is Clc1cc(Nc2ccncc2)cc(Cl)c1NCCc1c[nH]c2ccccc12. The Bertz CT molecular complexity index is 1040. The van der Waals surface area contributed by atoms with Gasteiger partial charge in [0.2, 0.25) is 0 Å². The van der Waals surface area contributed by atoms with E-state index in [2.05, 4.69) is 45.0 Å². The van der Waals surface area contributed by atoms with Crippen LogP contribution in [0.4, 0.5) is 17.1 Å². The molecule has 4 nitrogen and oxygen atoms in total. The number of rotatable bonds is 6. The molecule has 0 amide bonds. The van der Waals surface area contributed by atoms with E-state index in [1.807, 2.05) is 30.3 Å². The summed E-state index contributed by atoms with van der Waals surface area (Å²) < 4.78 is 0. The van der Waals surface area contributed by atoms with Gasteiger partial charge in [-0.2, -0.15) is 0 Å². The van der Waals surface area contributed by atoms with E-state index in [-0.39, 0.29) is 0 Å². The molecule has 2 aromatic heterocycles. The molecule has 2 heterocycles. The summed E-state index contributed by atoms with van der Waals surface area (Å²) in [6, 6.07) is 15.8. The number of aromatic amines is 1. The Balaban J connectivity index is 1.44. The second-order valence-electron chi connectivity index (χ2n) is 6.21. The molecule has 0 aliphatic rings. The fourth-order valence-corrected chi connectivity index (χ4v) is 3.70. The van der Waals surface area contributed by atoms with Gasteiger partial charge < -0.3 is 15.6 Å². The van der Waals surface area contributed by atoms with Gasteiger partial charge in [-0.1, -0.05) is 41.4 Å². The van der Waals surface area contributed by atoms with Crippen LogP contribution in [0, 0.1) is 0 Å². The Hall–Kier alpha value is -2.69. The summed E-state index contributed by atoms with van der Waals surface area (Å²) in [5.74, 6) is 0. The zero-order chi connectivity index (χ0) is 18.6. The van der Waals surface area contributed by atoms with E-state index in [1.54, 1.807) is 12.4 Å². The van der Waals surface area contributed by atoms with Crippen molar-refractivity contribution in [2.45, 2.75) is 6.42 Å². The molecular weight excluding hydrogens is 379 g/mol. The van der Waals surface area contributed by atoms with Crippen LogP contribution in [0.15, 0.2) is 67.1 Å². The Morgan fingerprint density at radius 1 is 0.926 bits per heavy atom. The number of H-pyrrole nitrogens is 1. The zero-order valence-corrected chi connectivity index (χ0v) is 16.0. The minimum Gasteiger partial charge on any atom is -0.382 e. The van der Waals surface area contributed by atoms with Gasteiger partial charge in [0.05, 0.1) is 15.7 Å². The summed E-state index contributed by atoms with van der Waals surface area (Å²) in [5.41, 5.74) is 4.92. The van der Waals surface area contributed by atoms with Crippen molar-refractivity contribution in [2.24, 2.45) is 0 Å². The first-order valence-electron chi connectivity index (χ1n) is 8.65. The van der Waals surface area contributed by atoms with E-state index < -0.39 is 0 Å². The molecule has 3 N–H and O–H groups in total. The minimum absolute atomic E-state index is 0.581. The highest BCUT2D eigenvalue weighted by Gasteiger charge is 2.09. The molecule has 0 aliphatic heterocycles. The number of para-hydroxylation sites is 1. The number of anilines is 3. The van der Waals surface area contributed by atoms with E-state index in [0.717, 1.165) is 35.5 Å².